The maximum atomic E-state index is 11.4. The molecule has 1 aromatic heterocycles. The number of carbonyl (C=O) groups is 2. The van der Waals surface area contributed by atoms with E-state index in [2.05, 4.69) is 10.4 Å². The summed E-state index contributed by atoms with van der Waals surface area (Å²) < 4.78 is 1.53. The summed E-state index contributed by atoms with van der Waals surface area (Å²) in [5.41, 5.74) is 1.49. The van der Waals surface area contributed by atoms with Crippen LogP contribution in [0.4, 0.5) is 0 Å². The zero-order valence-corrected chi connectivity index (χ0v) is 11.4. The van der Waals surface area contributed by atoms with Crippen molar-refractivity contribution in [1.29, 1.82) is 0 Å². The van der Waals surface area contributed by atoms with E-state index in [4.69, 9.17) is 16.7 Å². The highest BCUT2D eigenvalue weighted by Gasteiger charge is 2.32. The molecule has 1 unspecified atom stereocenters. The molecule has 1 aromatic rings. The molecule has 19 heavy (non-hydrogen) atoms. The lowest BCUT2D eigenvalue weighted by Gasteiger charge is -2.32. The Morgan fingerprint density at radius 2 is 2.32 bits per heavy atom. The lowest BCUT2D eigenvalue weighted by Crippen LogP contribution is -2.57. The molecule has 1 aliphatic rings. The third-order valence-corrected chi connectivity index (χ3v) is 3.67. The maximum Gasteiger partial charge on any atom is 0.322 e. The van der Waals surface area contributed by atoms with Crippen LogP contribution in [0.2, 0.25) is 5.15 Å². The lowest BCUT2D eigenvalue weighted by molar-refractivity contribution is -0.146. The summed E-state index contributed by atoms with van der Waals surface area (Å²) in [7, 11) is 1.72. The second-order valence-corrected chi connectivity index (χ2v) is 4.90. The SMILES string of the molecule is Cc1nn(C)c(Cl)c1CN1CC(=O)NCC1C(=O)O. The summed E-state index contributed by atoms with van der Waals surface area (Å²) in [5, 5.41) is 16.4. The quantitative estimate of drug-likeness (QED) is 0.801. The summed E-state index contributed by atoms with van der Waals surface area (Å²) >= 11 is 6.12. The van der Waals surface area contributed by atoms with E-state index in [0.29, 0.717) is 11.7 Å². The number of nitrogens with one attached hydrogen (secondary N) is 1. The van der Waals surface area contributed by atoms with Crippen molar-refractivity contribution in [3.8, 4) is 0 Å². The molecular formula is C11H15ClN4O3. The van der Waals surface area contributed by atoms with Crippen molar-refractivity contribution in [2.24, 2.45) is 7.05 Å². The van der Waals surface area contributed by atoms with E-state index in [0.717, 1.165) is 11.3 Å². The molecule has 8 heteroatoms. The predicted molar refractivity (Wildman–Crippen MR) is 67.8 cm³/mol. The monoisotopic (exact) mass is 286 g/mol. The lowest BCUT2D eigenvalue weighted by atomic mass is 10.1. The van der Waals surface area contributed by atoms with Crippen molar-refractivity contribution < 1.29 is 14.7 Å². The molecular weight excluding hydrogens is 272 g/mol. The van der Waals surface area contributed by atoms with Crippen LogP contribution in [0.3, 0.4) is 0 Å². The number of aliphatic carboxylic acids is 1. The summed E-state index contributed by atoms with van der Waals surface area (Å²) in [6, 6.07) is -0.742. The minimum Gasteiger partial charge on any atom is -0.480 e. The molecule has 2 N–H and O–H groups in total. The highest BCUT2D eigenvalue weighted by Crippen LogP contribution is 2.22. The van der Waals surface area contributed by atoms with Crippen LogP contribution in [0.25, 0.3) is 0 Å². The van der Waals surface area contributed by atoms with Crippen molar-refractivity contribution in [2.45, 2.75) is 19.5 Å². The van der Waals surface area contributed by atoms with Gasteiger partial charge in [0.2, 0.25) is 5.91 Å². The first-order chi connectivity index (χ1) is 8.90. The van der Waals surface area contributed by atoms with Gasteiger partial charge in [0.1, 0.15) is 11.2 Å². The summed E-state index contributed by atoms with van der Waals surface area (Å²) in [5.74, 6) is -1.15. The maximum absolute atomic E-state index is 11.4. The number of hydrogen-bond acceptors (Lipinski definition) is 4. The van der Waals surface area contributed by atoms with E-state index in [-0.39, 0.29) is 19.0 Å². The molecule has 1 aliphatic heterocycles. The molecule has 0 bridgehead atoms. The van der Waals surface area contributed by atoms with Crippen LogP contribution in [0.1, 0.15) is 11.3 Å². The van der Waals surface area contributed by atoms with E-state index in [1.165, 1.54) is 4.68 Å². The normalized spacial score (nSPS) is 20.4. The smallest absolute Gasteiger partial charge is 0.322 e. The van der Waals surface area contributed by atoms with Gasteiger partial charge in [0.25, 0.3) is 0 Å². The fourth-order valence-corrected chi connectivity index (χ4v) is 2.39. The van der Waals surface area contributed by atoms with E-state index < -0.39 is 12.0 Å². The van der Waals surface area contributed by atoms with Gasteiger partial charge in [0.05, 0.1) is 12.2 Å². The van der Waals surface area contributed by atoms with E-state index in [1.807, 2.05) is 0 Å². The molecule has 1 amide bonds. The first-order valence-corrected chi connectivity index (χ1v) is 6.19. The minimum atomic E-state index is -0.960. The van der Waals surface area contributed by atoms with Gasteiger partial charge in [-0.25, -0.2) is 0 Å². The Kier molecular flexibility index (Phi) is 3.77. The Hall–Kier alpha value is -1.60. The van der Waals surface area contributed by atoms with Crippen molar-refractivity contribution in [3.63, 3.8) is 0 Å². The van der Waals surface area contributed by atoms with Gasteiger partial charge >= 0.3 is 5.97 Å². The number of halogens is 1. The second-order valence-electron chi connectivity index (χ2n) is 4.54. The first-order valence-electron chi connectivity index (χ1n) is 5.81. The zero-order valence-electron chi connectivity index (χ0n) is 10.7. The number of aromatic nitrogens is 2. The summed E-state index contributed by atoms with van der Waals surface area (Å²) in [4.78, 5) is 24.2. The van der Waals surface area contributed by atoms with Crippen molar-refractivity contribution >= 4 is 23.5 Å². The fourth-order valence-electron chi connectivity index (χ4n) is 2.16. The third-order valence-electron chi connectivity index (χ3n) is 3.20. The molecule has 7 nitrogen and oxygen atoms in total. The van der Waals surface area contributed by atoms with E-state index in [1.54, 1.807) is 18.9 Å². The zero-order chi connectivity index (χ0) is 14.2. The molecule has 0 aromatic carbocycles. The number of rotatable bonds is 3. The van der Waals surface area contributed by atoms with Gasteiger partial charge in [-0.3, -0.25) is 19.2 Å². The summed E-state index contributed by atoms with van der Waals surface area (Å²) in [6.45, 7) is 2.25. The first kappa shape index (κ1) is 13.8. The Balaban J connectivity index is 2.23. The number of carboxylic acid groups (broad SMARTS) is 1. The number of aryl methyl sites for hydroxylation is 2. The Labute approximate surface area is 115 Å². The van der Waals surface area contributed by atoms with E-state index in [9.17, 15) is 9.59 Å². The fraction of sp³-hybridized carbons (Fsp3) is 0.545. The highest BCUT2D eigenvalue weighted by atomic mass is 35.5. The highest BCUT2D eigenvalue weighted by molar-refractivity contribution is 6.30. The molecule has 1 saturated heterocycles. The molecule has 1 fully saturated rings. The third kappa shape index (κ3) is 2.71. The Morgan fingerprint density at radius 1 is 1.63 bits per heavy atom. The van der Waals surface area contributed by atoms with Crippen LogP contribution in [-0.2, 0) is 23.2 Å². The second kappa shape index (κ2) is 5.18. The standard InChI is InChI=1S/C11H15ClN4O3/c1-6-7(10(12)15(2)14-6)4-16-5-9(17)13-3-8(16)11(18)19/h8H,3-5H2,1-2H3,(H,13,17)(H,18,19). The van der Waals surface area contributed by atoms with Gasteiger partial charge in [-0.1, -0.05) is 11.6 Å². The summed E-state index contributed by atoms with van der Waals surface area (Å²) in [6.07, 6.45) is 0. The number of carboxylic acids is 1. The minimum absolute atomic E-state index is 0.0433. The van der Waals surface area contributed by atoms with Gasteiger partial charge < -0.3 is 10.4 Å². The average Bonchev–Trinajstić information content (AvgIpc) is 2.56. The number of hydrogen-bond donors (Lipinski definition) is 2. The topological polar surface area (TPSA) is 87.5 Å². The molecule has 0 radical (unpaired) electrons. The van der Waals surface area contributed by atoms with Crippen LogP contribution in [0, 0.1) is 6.92 Å². The van der Waals surface area contributed by atoms with Crippen LogP contribution >= 0.6 is 11.6 Å². The number of piperazine rings is 1. The van der Waals surface area contributed by atoms with Crippen LogP contribution in [-0.4, -0.2) is 50.8 Å². The van der Waals surface area contributed by atoms with Gasteiger partial charge in [0.15, 0.2) is 0 Å². The molecule has 1 atom stereocenters. The van der Waals surface area contributed by atoms with Crippen molar-refractivity contribution in [1.82, 2.24) is 20.0 Å². The van der Waals surface area contributed by atoms with Crippen molar-refractivity contribution in [2.75, 3.05) is 13.1 Å². The number of nitrogens with zero attached hydrogens (tertiary/aromatic N) is 3. The van der Waals surface area contributed by atoms with Crippen LogP contribution < -0.4 is 5.32 Å². The van der Waals surface area contributed by atoms with Gasteiger partial charge in [0, 0.05) is 25.7 Å². The predicted octanol–water partition coefficient (Wildman–Crippen LogP) is -0.233. The molecule has 0 spiro atoms. The van der Waals surface area contributed by atoms with Crippen LogP contribution in [0.15, 0.2) is 0 Å². The number of amides is 1. The Morgan fingerprint density at radius 3 is 2.84 bits per heavy atom. The molecule has 104 valence electrons. The van der Waals surface area contributed by atoms with Gasteiger partial charge in [-0.05, 0) is 6.92 Å². The molecule has 0 saturated carbocycles. The number of carbonyl (C=O) groups excluding carboxylic acids is 1. The van der Waals surface area contributed by atoms with Crippen molar-refractivity contribution in [3.05, 3.63) is 16.4 Å². The average molecular weight is 287 g/mol. The molecule has 2 heterocycles. The Bertz CT molecular complexity index is 528. The largest absolute Gasteiger partial charge is 0.480 e. The molecule has 0 aliphatic carbocycles. The van der Waals surface area contributed by atoms with Gasteiger partial charge in [-0.15, -0.1) is 0 Å². The van der Waals surface area contributed by atoms with Gasteiger partial charge in [-0.2, -0.15) is 5.10 Å². The molecule has 2 rings (SSSR count). The van der Waals surface area contributed by atoms with E-state index >= 15 is 0 Å². The van der Waals surface area contributed by atoms with Crippen LogP contribution in [0.5, 0.6) is 0 Å².